The minimum Gasteiger partial charge on any atom is -0.464 e. The van der Waals surface area contributed by atoms with E-state index in [1.807, 2.05) is 30.0 Å². The Labute approximate surface area is 122 Å². The summed E-state index contributed by atoms with van der Waals surface area (Å²) in [5, 5.41) is 11.2. The Bertz CT molecular complexity index is 653. The zero-order chi connectivity index (χ0) is 14.8. The molecule has 2 heterocycles. The Morgan fingerprint density at radius 2 is 2.10 bits per heavy atom. The third kappa shape index (κ3) is 2.62. The fourth-order valence-electron chi connectivity index (χ4n) is 2.62. The van der Waals surface area contributed by atoms with Gasteiger partial charge in [0.25, 0.3) is 5.69 Å². The van der Waals surface area contributed by atoms with Gasteiger partial charge >= 0.3 is 0 Å². The second kappa shape index (κ2) is 5.57. The van der Waals surface area contributed by atoms with Gasteiger partial charge in [0.05, 0.1) is 18.1 Å². The largest absolute Gasteiger partial charge is 0.464 e. The van der Waals surface area contributed by atoms with E-state index in [0.717, 1.165) is 11.5 Å². The van der Waals surface area contributed by atoms with Crippen molar-refractivity contribution >= 4 is 11.4 Å². The summed E-state index contributed by atoms with van der Waals surface area (Å²) in [5.41, 5.74) is 0.706. The van der Waals surface area contributed by atoms with E-state index in [-0.39, 0.29) is 16.7 Å². The number of hydrogen-bond acceptors (Lipinski definition) is 5. The Kier molecular flexibility index (Phi) is 3.62. The number of para-hydroxylation sites is 2. The highest BCUT2D eigenvalue weighted by Gasteiger charge is 2.31. The summed E-state index contributed by atoms with van der Waals surface area (Å²) in [6.45, 7) is 3.47. The SMILES string of the molecule is Cc1ccc(C2COCCN2c2ccccc2[N+](=O)[O-])o1. The maximum atomic E-state index is 11.2. The number of benzene rings is 1. The van der Waals surface area contributed by atoms with Crippen LogP contribution < -0.4 is 4.90 Å². The molecule has 110 valence electrons. The summed E-state index contributed by atoms with van der Waals surface area (Å²) in [5.74, 6) is 1.59. The Balaban J connectivity index is 2.00. The molecule has 6 heteroatoms. The molecule has 0 spiro atoms. The molecule has 3 rings (SSSR count). The summed E-state index contributed by atoms with van der Waals surface area (Å²) < 4.78 is 11.2. The van der Waals surface area contributed by atoms with Crippen LogP contribution in [0, 0.1) is 17.0 Å². The van der Waals surface area contributed by atoms with Gasteiger partial charge in [0.15, 0.2) is 0 Å². The van der Waals surface area contributed by atoms with Crippen LogP contribution in [0.15, 0.2) is 40.8 Å². The van der Waals surface area contributed by atoms with Crippen molar-refractivity contribution in [3.63, 3.8) is 0 Å². The molecule has 0 bridgehead atoms. The van der Waals surface area contributed by atoms with Crippen LogP contribution in [0.3, 0.4) is 0 Å². The number of morpholine rings is 1. The van der Waals surface area contributed by atoms with E-state index < -0.39 is 0 Å². The molecule has 0 amide bonds. The quantitative estimate of drug-likeness (QED) is 0.641. The zero-order valence-corrected chi connectivity index (χ0v) is 11.7. The summed E-state index contributed by atoms with van der Waals surface area (Å²) in [6, 6.07) is 10.4. The Hall–Kier alpha value is -2.34. The van der Waals surface area contributed by atoms with Crippen molar-refractivity contribution in [1.29, 1.82) is 0 Å². The highest BCUT2D eigenvalue weighted by Crippen LogP contribution is 2.36. The molecule has 1 aromatic heterocycles. The number of hydrogen-bond donors (Lipinski definition) is 0. The van der Waals surface area contributed by atoms with E-state index in [2.05, 4.69) is 0 Å². The number of ether oxygens (including phenoxy) is 1. The lowest BCUT2D eigenvalue weighted by Crippen LogP contribution is -2.39. The first-order valence-corrected chi connectivity index (χ1v) is 6.81. The van der Waals surface area contributed by atoms with E-state index in [1.54, 1.807) is 12.1 Å². The number of furan rings is 1. The predicted molar refractivity (Wildman–Crippen MR) is 77.4 cm³/mol. The highest BCUT2D eigenvalue weighted by atomic mass is 16.6. The van der Waals surface area contributed by atoms with E-state index in [9.17, 15) is 10.1 Å². The second-order valence-electron chi connectivity index (χ2n) is 4.98. The summed E-state index contributed by atoms with van der Waals surface area (Å²) >= 11 is 0. The lowest BCUT2D eigenvalue weighted by Gasteiger charge is -2.35. The van der Waals surface area contributed by atoms with Crippen molar-refractivity contribution in [2.45, 2.75) is 13.0 Å². The maximum absolute atomic E-state index is 11.2. The zero-order valence-electron chi connectivity index (χ0n) is 11.7. The lowest BCUT2D eigenvalue weighted by molar-refractivity contribution is -0.384. The smallest absolute Gasteiger partial charge is 0.292 e. The van der Waals surface area contributed by atoms with Crippen LogP contribution in [0.25, 0.3) is 0 Å². The first-order valence-electron chi connectivity index (χ1n) is 6.81. The van der Waals surface area contributed by atoms with Gasteiger partial charge in [-0.3, -0.25) is 10.1 Å². The molecular weight excluding hydrogens is 272 g/mol. The van der Waals surface area contributed by atoms with Gasteiger partial charge in [0.1, 0.15) is 23.2 Å². The first kappa shape index (κ1) is 13.6. The first-order chi connectivity index (χ1) is 10.2. The van der Waals surface area contributed by atoms with Gasteiger partial charge in [-0.25, -0.2) is 0 Å². The molecule has 1 saturated heterocycles. The molecule has 1 aromatic carbocycles. The average molecular weight is 288 g/mol. The number of nitro benzene ring substituents is 1. The fraction of sp³-hybridized carbons (Fsp3) is 0.333. The topological polar surface area (TPSA) is 68.8 Å². The minimum absolute atomic E-state index is 0.104. The summed E-state index contributed by atoms with van der Waals surface area (Å²) in [4.78, 5) is 12.9. The van der Waals surface area contributed by atoms with Crippen LogP contribution in [-0.2, 0) is 4.74 Å². The molecule has 1 unspecified atom stereocenters. The fourth-order valence-corrected chi connectivity index (χ4v) is 2.62. The molecule has 1 aliphatic heterocycles. The molecule has 0 saturated carbocycles. The van der Waals surface area contributed by atoms with Gasteiger partial charge in [0.2, 0.25) is 0 Å². The van der Waals surface area contributed by atoms with Gasteiger partial charge < -0.3 is 14.1 Å². The van der Waals surface area contributed by atoms with Crippen molar-refractivity contribution < 1.29 is 14.1 Å². The standard InChI is InChI=1S/C15H16N2O4/c1-11-6-7-15(21-11)14-10-20-9-8-16(14)12-4-2-3-5-13(12)17(18)19/h2-7,14H,8-10H2,1H3. The number of nitro groups is 1. The van der Waals surface area contributed by atoms with E-state index >= 15 is 0 Å². The number of rotatable bonds is 3. The molecular formula is C15H16N2O4. The van der Waals surface area contributed by atoms with Crippen LogP contribution in [0.4, 0.5) is 11.4 Å². The third-order valence-electron chi connectivity index (χ3n) is 3.61. The maximum Gasteiger partial charge on any atom is 0.292 e. The van der Waals surface area contributed by atoms with Crippen LogP contribution >= 0.6 is 0 Å². The van der Waals surface area contributed by atoms with Crippen LogP contribution in [0.5, 0.6) is 0 Å². The number of nitrogens with zero attached hydrogens (tertiary/aromatic N) is 2. The van der Waals surface area contributed by atoms with Crippen molar-refractivity contribution in [2.24, 2.45) is 0 Å². The van der Waals surface area contributed by atoms with Crippen molar-refractivity contribution in [2.75, 3.05) is 24.7 Å². The molecule has 0 radical (unpaired) electrons. The number of anilines is 1. The van der Waals surface area contributed by atoms with Gasteiger partial charge in [-0.05, 0) is 25.1 Å². The molecule has 1 aliphatic rings. The van der Waals surface area contributed by atoms with Crippen molar-refractivity contribution in [1.82, 2.24) is 0 Å². The van der Waals surface area contributed by atoms with Crippen molar-refractivity contribution in [3.8, 4) is 0 Å². The summed E-state index contributed by atoms with van der Waals surface area (Å²) in [6.07, 6.45) is 0. The summed E-state index contributed by atoms with van der Waals surface area (Å²) in [7, 11) is 0. The van der Waals surface area contributed by atoms with E-state index in [1.165, 1.54) is 6.07 Å². The second-order valence-corrected chi connectivity index (χ2v) is 4.98. The molecule has 6 nitrogen and oxygen atoms in total. The molecule has 0 N–H and O–H groups in total. The van der Waals surface area contributed by atoms with Gasteiger partial charge in [0, 0.05) is 12.6 Å². The van der Waals surface area contributed by atoms with Gasteiger partial charge in [-0.15, -0.1) is 0 Å². The minimum atomic E-state index is -0.352. The molecule has 21 heavy (non-hydrogen) atoms. The Morgan fingerprint density at radius 3 is 2.81 bits per heavy atom. The van der Waals surface area contributed by atoms with Crippen LogP contribution in [0.1, 0.15) is 17.6 Å². The van der Waals surface area contributed by atoms with E-state index in [0.29, 0.717) is 25.4 Å². The van der Waals surface area contributed by atoms with Crippen molar-refractivity contribution in [3.05, 3.63) is 58.0 Å². The molecule has 0 aliphatic carbocycles. The molecule has 1 atom stereocenters. The molecule has 1 fully saturated rings. The third-order valence-corrected chi connectivity index (χ3v) is 3.61. The highest BCUT2D eigenvalue weighted by molar-refractivity contribution is 5.64. The normalized spacial score (nSPS) is 18.7. The van der Waals surface area contributed by atoms with Gasteiger partial charge in [-0.1, -0.05) is 12.1 Å². The molecule has 2 aromatic rings. The monoisotopic (exact) mass is 288 g/mol. The van der Waals surface area contributed by atoms with Crippen LogP contribution in [0.2, 0.25) is 0 Å². The Morgan fingerprint density at radius 1 is 1.29 bits per heavy atom. The number of aryl methyl sites for hydroxylation is 1. The van der Waals surface area contributed by atoms with E-state index in [4.69, 9.17) is 9.15 Å². The average Bonchev–Trinajstić information content (AvgIpc) is 2.93. The van der Waals surface area contributed by atoms with Gasteiger partial charge in [-0.2, -0.15) is 0 Å². The van der Waals surface area contributed by atoms with Crippen LogP contribution in [-0.4, -0.2) is 24.7 Å². The predicted octanol–water partition coefficient (Wildman–Crippen LogP) is 3.07. The lowest BCUT2D eigenvalue weighted by atomic mass is 10.1.